The van der Waals surface area contributed by atoms with E-state index in [0.717, 1.165) is 35.6 Å². The molecule has 0 aliphatic carbocycles. The predicted octanol–water partition coefficient (Wildman–Crippen LogP) is 3.69. The first-order chi connectivity index (χ1) is 15.0. The maximum atomic E-state index is 13.0. The molecule has 0 bridgehead atoms. The van der Waals surface area contributed by atoms with Crippen LogP contribution in [0.15, 0.2) is 54.6 Å². The lowest BCUT2D eigenvalue weighted by atomic mass is 10.1. The smallest absolute Gasteiger partial charge is 0.253 e. The maximum absolute atomic E-state index is 13.0. The van der Waals surface area contributed by atoms with Crippen LogP contribution in [0.4, 0.5) is 5.69 Å². The van der Waals surface area contributed by atoms with Gasteiger partial charge >= 0.3 is 0 Å². The molecule has 1 fully saturated rings. The Kier molecular flexibility index (Phi) is 6.11. The molecule has 2 heterocycles. The summed E-state index contributed by atoms with van der Waals surface area (Å²) in [5.74, 6) is 1.68. The molecule has 1 aliphatic heterocycles. The summed E-state index contributed by atoms with van der Waals surface area (Å²) < 4.78 is 11.2. The van der Waals surface area contributed by atoms with Gasteiger partial charge in [-0.2, -0.15) is 5.10 Å². The first-order valence-electron chi connectivity index (χ1n) is 10.4. The van der Waals surface area contributed by atoms with Crippen molar-refractivity contribution in [2.45, 2.75) is 18.9 Å². The number of methoxy groups -OCH3 is 1. The highest BCUT2D eigenvalue weighted by Crippen LogP contribution is 2.29. The second-order valence-corrected chi connectivity index (χ2v) is 7.94. The van der Waals surface area contributed by atoms with Crippen LogP contribution in [0.25, 0.3) is 0 Å². The Labute approximate surface area is 182 Å². The van der Waals surface area contributed by atoms with E-state index in [1.54, 1.807) is 7.11 Å². The number of H-pyrrole nitrogens is 1. The van der Waals surface area contributed by atoms with Gasteiger partial charge in [0.15, 0.2) is 11.5 Å². The minimum absolute atomic E-state index is 0.0708. The average molecular weight is 421 g/mol. The summed E-state index contributed by atoms with van der Waals surface area (Å²) in [6.07, 6.45) is 0.900. The average Bonchev–Trinajstić information content (AvgIpc) is 3.47. The van der Waals surface area contributed by atoms with Gasteiger partial charge in [-0.05, 0) is 42.8 Å². The molecule has 31 heavy (non-hydrogen) atoms. The number of aromatic nitrogens is 2. The minimum Gasteiger partial charge on any atom is -0.493 e. The van der Waals surface area contributed by atoms with Gasteiger partial charge in [0.2, 0.25) is 0 Å². The van der Waals surface area contributed by atoms with Crippen LogP contribution in [-0.4, -0.2) is 55.3 Å². The number of hydrogen-bond acceptors (Lipinski definition) is 5. The Balaban J connectivity index is 1.37. The number of rotatable bonds is 7. The number of ether oxygens (including phenoxy) is 2. The summed E-state index contributed by atoms with van der Waals surface area (Å²) in [7, 11) is 5.57. The molecule has 0 saturated carbocycles. The lowest BCUT2D eigenvalue weighted by molar-refractivity contribution is 0.0790. The number of benzene rings is 2. The molecule has 0 radical (unpaired) electrons. The van der Waals surface area contributed by atoms with Gasteiger partial charge < -0.3 is 19.3 Å². The van der Waals surface area contributed by atoms with Crippen LogP contribution < -0.4 is 14.4 Å². The van der Waals surface area contributed by atoms with Gasteiger partial charge in [0.05, 0.1) is 18.5 Å². The van der Waals surface area contributed by atoms with E-state index >= 15 is 0 Å². The number of nitrogens with one attached hydrogen (secondary N) is 1. The molecule has 4 rings (SSSR count). The van der Waals surface area contributed by atoms with Crippen molar-refractivity contribution < 1.29 is 14.3 Å². The number of amides is 1. The van der Waals surface area contributed by atoms with E-state index in [9.17, 15) is 4.79 Å². The van der Waals surface area contributed by atoms with Crippen molar-refractivity contribution in [2.75, 3.05) is 39.2 Å². The van der Waals surface area contributed by atoms with Crippen LogP contribution in [0.5, 0.6) is 11.5 Å². The zero-order valence-corrected chi connectivity index (χ0v) is 18.2. The highest BCUT2D eigenvalue weighted by atomic mass is 16.5. The standard InChI is InChI=1S/C24H28N4O3/c1-27(2)20-8-6-7-17(13-20)24(29)28-12-11-18(15-28)21-14-19(25-26-21)16-31-23-10-5-4-9-22(23)30-3/h4-10,13-14,18H,11-12,15-16H2,1-3H3,(H,25,26)/t18-/m0/s1. The quantitative estimate of drug-likeness (QED) is 0.631. The summed E-state index contributed by atoms with van der Waals surface area (Å²) in [5, 5.41) is 7.54. The fourth-order valence-electron chi connectivity index (χ4n) is 3.84. The molecular formula is C24H28N4O3. The lowest BCUT2D eigenvalue weighted by Gasteiger charge is -2.18. The molecule has 7 heteroatoms. The normalized spacial score (nSPS) is 15.7. The first-order valence-corrected chi connectivity index (χ1v) is 10.4. The SMILES string of the molecule is COc1ccccc1OCc1cc([C@H]2CCN(C(=O)c3cccc(N(C)C)c3)C2)n[nH]1. The molecule has 1 amide bonds. The summed E-state index contributed by atoms with van der Waals surface area (Å²) in [5.41, 5.74) is 3.61. The number of likely N-dealkylation sites (tertiary alicyclic amines) is 1. The van der Waals surface area contributed by atoms with Crippen molar-refractivity contribution in [1.29, 1.82) is 0 Å². The molecule has 0 spiro atoms. The molecule has 1 aromatic heterocycles. The highest BCUT2D eigenvalue weighted by molar-refractivity contribution is 5.95. The Morgan fingerprint density at radius 2 is 1.97 bits per heavy atom. The van der Waals surface area contributed by atoms with Crippen molar-refractivity contribution in [3.8, 4) is 11.5 Å². The van der Waals surface area contributed by atoms with Gasteiger partial charge in [-0.15, -0.1) is 0 Å². The van der Waals surface area contributed by atoms with E-state index in [4.69, 9.17) is 9.47 Å². The number of hydrogen-bond donors (Lipinski definition) is 1. The van der Waals surface area contributed by atoms with Gasteiger partial charge in [-0.3, -0.25) is 9.89 Å². The summed E-state index contributed by atoms with van der Waals surface area (Å²) >= 11 is 0. The first kappa shape index (κ1) is 20.8. The fourth-order valence-corrected chi connectivity index (χ4v) is 3.84. The molecule has 162 valence electrons. The van der Waals surface area contributed by atoms with E-state index in [-0.39, 0.29) is 11.8 Å². The number of nitrogens with zero attached hydrogens (tertiary/aromatic N) is 3. The van der Waals surface area contributed by atoms with Crippen LogP contribution in [0.3, 0.4) is 0 Å². The maximum Gasteiger partial charge on any atom is 0.253 e. The van der Waals surface area contributed by atoms with E-state index in [0.29, 0.717) is 24.7 Å². The van der Waals surface area contributed by atoms with Crippen molar-refractivity contribution in [2.24, 2.45) is 0 Å². The van der Waals surface area contributed by atoms with Gasteiger partial charge in [-0.25, -0.2) is 0 Å². The zero-order valence-electron chi connectivity index (χ0n) is 18.2. The van der Waals surface area contributed by atoms with E-state index in [1.807, 2.05) is 78.5 Å². The monoisotopic (exact) mass is 420 g/mol. The number of aromatic amines is 1. The van der Waals surface area contributed by atoms with Gasteiger partial charge in [0, 0.05) is 44.4 Å². The van der Waals surface area contributed by atoms with Gasteiger partial charge in [0.25, 0.3) is 5.91 Å². The number of anilines is 1. The second kappa shape index (κ2) is 9.12. The third-order valence-electron chi connectivity index (χ3n) is 5.61. The molecule has 1 aliphatic rings. The summed E-state index contributed by atoms with van der Waals surface area (Å²) in [6, 6.07) is 17.3. The molecule has 1 saturated heterocycles. The molecule has 1 N–H and O–H groups in total. The molecule has 0 unspecified atom stereocenters. The van der Waals surface area contributed by atoms with Crippen molar-refractivity contribution in [1.82, 2.24) is 15.1 Å². The van der Waals surface area contributed by atoms with Crippen LogP contribution >= 0.6 is 0 Å². The lowest BCUT2D eigenvalue weighted by Crippen LogP contribution is -2.28. The van der Waals surface area contributed by atoms with Crippen LogP contribution in [-0.2, 0) is 6.61 Å². The summed E-state index contributed by atoms with van der Waals surface area (Å²) in [6.45, 7) is 1.78. The minimum atomic E-state index is 0.0708. The fraction of sp³-hybridized carbons (Fsp3) is 0.333. The second-order valence-electron chi connectivity index (χ2n) is 7.94. The molecule has 2 aromatic carbocycles. The Morgan fingerprint density at radius 1 is 1.16 bits per heavy atom. The Morgan fingerprint density at radius 3 is 2.74 bits per heavy atom. The van der Waals surface area contributed by atoms with Crippen molar-refractivity contribution in [3.63, 3.8) is 0 Å². The predicted molar refractivity (Wildman–Crippen MR) is 120 cm³/mol. The van der Waals surface area contributed by atoms with Crippen LogP contribution in [0.1, 0.15) is 34.1 Å². The third-order valence-corrected chi connectivity index (χ3v) is 5.61. The third kappa shape index (κ3) is 4.66. The topological polar surface area (TPSA) is 70.7 Å². The molecular weight excluding hydrogens is 392 g/mol. The van der Waals surface area contributed by atoms with E-state index in [2.05, 4.69) is 10.2 Å². The number of carbonyl (C=O) groups is 1. The van der Waals surface area contributed by atoms with Crippen LogP contribution in [0.2, 0.25) is 0 Å². The Bertz CT molecular complexity index is 1050. The van der Waals surface area contributed by atoms with Gasteiger partial charge in [-0.1, -0.05) is 18.2 Å². The van der Waals surface area contributed by atoms with Crippen LogP contribution in [0, 0.1) is 0 Å². The van der Waals surface area contributed by atoms with Crippen molar-refractivity contribution in [3.05, 3.63) is 71.5 Å². The molecule has 3 aromatic rings. The number of carbonyl (C=O) groups excluding carboxylic acids is 1. The summed E-state index contributed by atoms with van der Waals surface area (Å²) in [4.78, 5) is 16.9. The van der Waals surface area contributed by atoms with E-state index in [1.165, 1.54) is 0 Å². The Hall–Kier alpha value is -3.48. The van der Waals surface area contributed by atoms with E-state index < -0.39 is 0 Å². The highest BCUT2D eigenvalue weighted by Gasteiger charge is 2.29. The zero-order chi connectivity index (χ0) is 21.8. The van der Waals surface area contributed by atoms with Crippen molar-refractivity contribution >= 4 is 11.6 Å². The largest absolute Gasteiger partial charge is 0.493 e. The van der Waals surface area contributed by atoms with Gasteiger partial charge in [0.1, 0.15) is 6.61 Å². The number of para-hydroxylation sites is 2. The molecule has 1 atom stereocenters. The molecule has 7 nitrogen and oxygen atoms in total.